The van der Waals surface area contributed by atoms with Crippen molar-refractivity contribution in [2.24, 2.45) is 0 Å². The van der Waals surface area contributed by atoms with Crippen LogP contribution in [0.3, 0.4) is 0 Å². The van der Waals surface area contributed by atoms with Gasteiger partial charge in [-0.05, 0) is 31.2 Å². The Bertz CT molecular complexity index is 740. The molecular formula is C17H21ClFN5O. The highest BCUT2D eigenvalue weighted by molar-refractivity contribution is 6.33. The number of piperazine rings is 1. The van der Waals surface area contributed by atoms with Crippen molar-refractivity contribution in [1.82, 2.24) is 14.7 Å². The number of aldehydes is 1. The molecule has 1 fully saturated rings. The van der Waals surface area contributed by atoms with Crippen LogP contribution in [-0.2, 0) is 11.3 Å². The summed E-state index contributed by atoms with van der Waals surface area (Å²) in [4.78, 5) is 15.9. The molecule has 0 radical (unpaired) electrons. The summed E-state index contributed by atoms with van der Waals surface area (Å²) in [7, 11) is 0. The standard InChI is InChI=1S/C17H21ClFN5O/c1-12-16(18)17(20)21-24(12)10-15(11-25)23-8-6-22(7-9-23)14-4-2-13(19)3-5-14/h2-5,11,15H,6-10H2,1H3,(H2,20,21). The van der Waals surface area contributed by atoms with E-state index >= 15 is 0 Å². The Kier molecular flexibility index (Phi) is 5.24. The number of anilines is 2. The highest BCUT2D eigenvalue weighted by atomic mass is 35.5. The van der Waals surface area contributed by atoms with Gasteiger partial charge in [-0.1, -0.05) is 11.6 Å². The molecule has 2 N–H and O–H groups in total. The average Bonchev–Trinajstić information content (AvgIpc) is 2.87. The van der Waals surface area contributed by atoms with E-state index in [9.17, 15) is 9.18 Å². The number of rotatable bonds is 5. The largest absolute Gasteiger partial charge is 0.381 e. The van der Waals surface area contributed by atoms with Gasteiger partial charge in [0.2, 0.25) is 0 Å². The number of nitrogens with zero attached hydrogens (tertiary/aromatic N) is 4. The molecule has 25 heavy (non-hydrogen) atoms. The number of carbonyl (C=O) groups is 1. The number of aromatic nitrogens is 2. The molecule has 6 nitrogen and oxygen atoms in total. The van der Waals surface area contributed by atoms with Crippen LogP contribution in [0.4, 0.5) is 15.9 Å². The molecule has 0 bridgehead atoms. The molecule has 1 atom stereocenters. The third kappa shape index (κ3) is 3.77. The normalized spacial score (nSPS) is 16.8. The molecule has 1 saturated heterocycles. The topological polar surface area (TPSA) is 67.4 Å². The van der Waals surface area contributed by atoms with Gasteiger partial charge < -0.3 is 15.4 Å². The van der Waals surface area contributed by atoms with E-state index in [1.165, 1.54) is 12.1 Å². The molecule has 1 aliphatic heterocycles. The fraction of sp³-hybridized carbons (Fsp3) is 0.412. The summed E-state index contributed by atoms with van der Waals surface area (Å²) in [5, 5.41) is 4.63. The van der Waals surface area contributed by atoms with E-state index in [1.54, 1.807) is 16.8 Å². The van der Waals surface area contributed by atoms with Crippen molar-refractivity contribution in [2.45, 2.75) is 19.5 Å². The van der Waals surface area contributed by atoms with Crippen LogP contribution in [0, 0.1) is 12.7 Å². The quantitative estimate of drug-likeness (QED) is 0.820. The van der Waals surface area contributed by atoms with Gasteiger partial charge >= 0.3 is 0 Å². The van der Waals surface area contributed by atoms with Crippen LogP contribution in [0.5, 0.6) is 0 Å². The summed E-state index contributed by atoms with van der Waals surface area (Å²) in [6.45, 7) is 5.28. The molecular weight excluding hydrogens is 345 g/mol. The maximum absolute atomic E-state index is 13.0. The van der Waals surface area contributed by atoms with Crippen LogP contribution in [0.25, 0.3) is 0 Å². The van der Waals surface area contributed by atoms with Crippen LogP contribution < -0.4 is 10.6 Å². The lowest BCUT2D eigenvalue weighted by Crippen LogP contribution is -2.52. The van der Waals surface area contributed by atoms with Gasteiger partial charge in [0.05, 0.1) is 18.3 Å². The molecule has 8 heteroatoms. The molecule has 0 amide bonds. The predicted molar refractivity (Wildman–Crippen MR) is 96.4 cm³/mol. The SMILES string of the molecule is Cc1c(Cl)c(N)nn1CC(C=O)N1CCN(c2ccc(F)cc2)CC1. The average molecular weight is 366 g/mol. The van der Waals surface area contributed by atoms with Crippen LogP contribution in [0.2, 0.25) is 5.02 Å². The summed E-state index contributed by atoms with van der Waals surface area (Å²) >= 11 is 6.07. The van der Waals surface area contributed by atoms with Gasteiger partial charge in [0.1, 0.15) is 17.1 Å². The first-order valence-electron chi connectivity index (χ1n) is 8.18. The number of hydrogen-bond acceptors (Lipinski definition) is 5. The Labute approximate surface area is 150 Å². The van der Waals surface area contributed by atoms with Gasteiger partial charge in [0.15, 0.2) is 5.82 Å². The van der Waals surface area contributed by atoms with Crippen molar-refractivity contribution >= 4 is 29.4 Å². The molecule has 3 rings (SSSR count). The van der Waals surface area contributed by atoms with Crippen molar-refractivity contribution in [1.29, 1.82) is 0 Å². The maximum Gasteiger partial charge on any atom is 0.164 e. The molecule has 1 aromatic heterocycles. The summed E-state index contributed by atoms with van der Waals surface area (Å²) in [6, 6.07) is 6.19. The minimum atomic E-state index is -0.288. The molecule has 1 aromatic carbocycles. The minimum absolute atomic E-state index is 0.240. The van der Waals surface area contributed by atoms with E-state index in [4.69, 9.17) is 17.3 Å². The second kappa shape index (κ2) is 7.41. The molecule has 0 spiro atoms. The maximum atomic E-state index is 13.0. The fourth-order valence-electron chi connectivity index (χ4n) is 3.11. The Hall–Kier alpha value is -2.12. The number of benzene rings is 1. The third-order valence-corrected chi connectivity index (χ3v) is 5.12. The van der Waals surface area contributed by atoms with Gasteiger partial charge in [-0.3, -0.25) is 9.58 Å². The van der Waals surface area contributed by atoms with Crippen molar-refractivity contribution in [3.8, 4) is 0 Å². The Morgan fingerprint density at radius 3 is 2.44 bits per heavy atom. The first kappa shape index (κ1) is 17.7. The van der Waals surface area contributed by atoms with Crippen LogP contribution in [0.15, 0.2) is 24.3 Å². The predicted octanol–water partition coefficient (Wildman–Crippen LogP) is 1.96. The van der Waals surface area contributed by atoms with Crippen LogP contribution in [0.1, 0.15) is 5.69 Å². The number of nitrogen functional groups attached to an aromatic ring is 1. The van der Waals surface area contributed by atoms with Gasteiger partial charge in [0, 0.05) is 31.9 Å². The van der Waals surface area contributed by atoms with E-state index in [1.807, 2.05) is 6.92 Å². The van der Waals surface area contributed by atoms with Gasteiger partial charge in [0.25, 0.3) is 0 Å². The number of nitrogens with two attached hydrogens (primary N) is 1. The second-order valence-corrected chi connectivity index (χ2v) is 6.55. The molecule has 2 aromatic rings. The van der Waals surface area contributed by atoms with Gasteiger partial charge in [-0.25, -0.2) is 4.39 Å². The monoisotopic (exact) mass is 365 g/mol. The Morgan fingerprint density at radius 2 is 1.92 bits per heavy atom. The molecule has 1 aliphatic rings. The minimum Gasteiger partial charge on any atom is -0.381 e. The highest BCUT2D eigenvalue weighted by Crippen LogP contribution is 2.23. The van der Waals surface area contributed by atoms with E-state index in [2.05, 4.69) is 14.9 Å². The molecule has 134 valence electrons. The number of halogens is 2. The lowest BCUT2D eigenvalue weighted by atomic mass is 10.2. The summed E-state index contributed by atoms with van der Waals surface area (Å²) < 4.78 is 14.7. The molecule has 2 heterocycles. The van der Waals surface area contributed by atoms with E-state index < -0.39 is 0 Å². The third-order valence-electron chi connectivity index (χ3n) is 4.65. The lowest BCUT2D eigenvalue weighted by molar-refractivity contribution is -0.113. The van der Waals surface area contributed by atoms with E-state index in [0.717, 1.165) is 43.8 Å². The van der Waals surface area contributed by atoms with Crippen LogP contribution >= 0.6 is 11.6 Å². The zero-order chi connectivity index (χ0) is 18.0. The van der Waals surface area contributed by atoms with Gasteiger partial charge in [-0.15, -0.1) is 0 Å². The zero-order valence-corrected chi connectivity index (χ0v) is 14.8. The summed E-state index contributed by atoms with van der Waals surface area (Å²) in [6.07, 6.45) is 0.943. The second-order valence-electron chi connectivity index (χ2n) is 6.17. The Balaban J connectivity index is 1.63. The van der Waals surface area contributed by atoms with Crippen LogP contribution in [-0.4, -0.2) is 53.2 Å². The van der Waals surface area contributed by atoms with Crippen molar-refractivity contribution < 1.29 is 9.18 Å². The highest BCUT2D eigenvalue weighted by Gasteiger charge is 2.25. The smallest absolute Gasteiger partial charge is 0.164 e. The Morgan fingerprint density at radius 1 is 1.28 bits per heavy atom. The molecule has 1 unspecified atom stereocenters. The fourth-order valence-corrected chi connectivity index (χ4v) is 3.25. The van der Waals surface area contributed by atoms with Crippen molar-refractivity contribution in [3.05, 3.63) is 40.8 Å². The molecule has 0 aliphatic carbocycles. The first-order valence-corrected chi connectivity index (χ1v) is 8.55. The van der Waals surface area contributed by atoms with E-state index in [-0.39, 0.29) is 17.7 Å². The van der Waals surface area contributed by atoms with Crippen molar-refractivity contribution in [3.63, 3.8) is 0 Å². The first-order chi connectivity index (χ1) is 12.0. The van der Waals surface area contributed by atoms with Crippen molar-refractivity contribution in [2.75, 3.05) is 36.8 Å². The summed E-state index contributed by atoms with van der Waals surface area (Å²) in [5.74, 6) is 0.0425. The summed E-state index contributed by atoms with van der Waals surface area (Å²) in [5.41, 5.74) is 7.48. The van der Waals surface area contributed by atoms with E-state index in [0.29, 0.717) is 11.6 Å². The van der Waals surface area contributed by atoms with Gasteiger partial charge in [-0.2, -0.15) is 5.10 Å². The number of hydrogen-bond donors (Lipinski definition) is 1. The zero-order valence-electron chi connectivity index (χ0n) is 14.0. The number of carbonyl (C=O) groups excluding carboxylic acids is 1. The lowest BCUT2D eigenvalue weighted by Gasteiger charge is -2.38. The molecule has 0 saturated carbocycles.